The van der Waals surface area contributed by atoms with Crippen molar-refractivity contribution in [3.8, 4) is 6.07 Å². The average Bonchev–Trinajstić information content (AvgIpc) is 2.47. The second-order valence-corrected chi connectivity index (χ2v) is 5.77. The van der Waals surface area contributed by atoms with Crippen LogP contribution in [0.5, 0.6) is 0 Å². The van der Waals surface area contributed by atoms with Crippen LogP contribution in [0.1, 0.15) is 35.6 Å². The molecular formula is C16H21N3. The molecule has 1 fully saturated rings. The first kappa shape index (κ1) is 12.7. The Morgan fingerprint density at radius 3 is 2.74 bits per heavy atom. The lowest BCUT2D eigenvalue weighted by atomic mass is 9.85. The third-order valence-electron chi connectivity index (χ3n) is 4.54. The second kappa shape index (κ2) is 5.32. The Labute approximate surface area is 115 Å². The first-order valence-corrected chi connectivity index (χ1v) is 7.23. The van der Waals surface area contributed by atoms with E-state index in [1.54, 1.807) is 0 Å². The van der Waals surface area contributed by atoms with Gasteiger partial charge in [0.15, 0.2) is 0 Å². The van der Waals surface area contributed by atoms with Crippen LogP contribution in [0.25, 0.3) is 0 Å². The maximum atomic E-state index is 9.10. The highest BCUT2D eigenvalue weighted by Crippen LogP contribution is 2.35. The molecule has 3 nitrogen and oxygen atoms in total. The number of likely N-dealkylation sites (N-methyl/N-ethyl adjacent to an activating group) is 1. The van der Waals surface area contributed by atoms with Crippen molar-refractivity contribution in [2.24, 2.45) is 0 Å². The summed E-state index contributed by atoms with van der Waals surface area (Å²) in [4.78, 5) is 5.01. The first-order valence-electron chi connectivity index (χ1n) is 7.23. The van der Waals surface area contributed by atoms with E-state index < -0.39 is 0 Å². The molecule has 3 rings (SSSR count). The molecule has 1 aromatic carbocycles. The number of hydrogen-bond acceptors (Lipinski definition) is 3. The van der Waals surface area contributed by atoms with Gasteiger partial charge in [-0.15, -0.1) is 0 Å². The van der Waals surface area contributed by atoms with Crippen LogP contribution >= 0.6 is 0 Å². The van der Waals surface area contributed by atoms with Gasteiger partial charge < -0.3 is 4.90 Å². The van der Waals surface area contributed by atoms with E-state index in [9.17, 15) is 0 Å². The summed E-state index contributed by atoms with van der Waals surface area (Å²) < 4.78 is 0. The van der Waals surface area contributed by atoms with Gasteiger partial charge in [0.1, 0.15) is 0 Å². The topological polar surface area (TPSA) is 30.3 Å². The van der Waals surface area contributed by atoms with E-state index >= 15 is 0 Å². The van der Waals surface area contributed by atoms with E-state index in [1.165, 1.54) is 30.4 Å². The zero-order valence-corrected chi connectivity index (χ0v) is 11.6. The molecule has 3 heteroatoms. The number of rotatable bonds is 1. The van der Waals surface area contributed by atoms with Crippen LogP contribution < -0.4 is 0 Å². The average molecular weight is 255 g/mol. The van der Waals surface area contributed by atoms with Gasteiger partial charge in [-0.3, -0.25) is 4.90 Å². The maximum Gasteiger partial charge on any atom is 0.0991 e. The summed E-state index contributed by atoms with van der Waals surface area (Å²) in [6.07, 6.45) is 3.69. The lowest BCUT2D eigenvalue weighted by Crippen LogP contribution is -2.46. The van der Waals surface area contributed by atoms with Gasteiger partial charge in [0.2, 0.25) is 0 Å². The van der Waals surface area contributed by atoms with Crippen molar-refractivity contribution in [1.82, 2.24) is 9.80 Å². The largest absolute Gasteiger partial charge is 0.304 e. The molecule has 2 aliphatic rings. The molecule has 0 N–H and O–H groups in total. The molecule has 1 heterocycles. The van der Waals surface area contributed by atoms with E-state index in [0.29, 0.717) is 6.04 Å². The summed E-state index contributed by atoms with van der Waals surface area (Å²) in [5.41, 5.74) is 3.67. The summed E-state index contributed by atoms with van der Waals surface area (Å²) >= 11 is 0. The van der Waals surface area contributed by atoms with Crippen LogP contribution in [0.15, 0.2) is 18.2 Å². The van der Waals surface area contributed by atoms with Crippen molar-refractivity contribution in [1.29, 1.82) is 5.26 Å². The Kier molecular flexibility index (Phi) is 3.54. The Morgan fingerprint density at radius 1 is 1.21 bits per heavy atom. The van der Waals surface area contributed by atoms with Crippen LogP contribution in [0.4, 0.5) is 0 Å². The van der Waals surface area contributed by atoms with Gasteiger partial charge in [0.05, 0.1) is 11.6 Å². The minimum atomic E-state index is 0.533. The predicted molar refractivity (Wildman–Crippen MR) is 75.9 cm³/mol. The molecule has 0 aromatic heterocycles. The number of benzene rings is 1. The van der Waals surface area contributed by atoms with Gasteiger partial charge in [-0.2, -0.15) is 5.26 Å². The molecule has 1 aromatic rings. The van der Waals surface area contributed by atoms with Crippen molar-refractivity contribution >= 4 is 0 Å². The number of nitrogens with zero attached hydrogens (tertiary/aromatic N) is 3. The summed E-state index contributed by atoms with van der Waals surface area (Å²) in [6, 6.07) is 9.06. The molecule has 1 aliphatic carbocycles. The van der Waals surface area contributed by atoms with Gasteiger partial charge in [0.25, 0.3) is 0 Å². The molecule has 19 heavy (non-hydrogen) atoms. The summed E-state index contributed by atoms with van der Waals surface area (Å²) in [5, 5.41) is 9.10. The standard InChI is InChI=1S/C16H21N3/c1-18-7-9-19(10-8-18)16-4-2-3-14-6-5-13(12-17)11-15(14)16/h5-6,11,16H,2-4,7-10H2,1H3. The fourth-order valence-corrected chi connectivity index (χ4v) is 3.36. The molecule has 0 spiro atoms. The van der Waals surface area contributed by atoms with Crippen molar-refractivity contribution in [3.05, 3.63) is 34.9 Å². The Balaban J connectivity index is 1.87. The SMILES string of the molecule is CN1CCN(C2CCCc3ccc(C#N)cc32)CC1. The van der Waals surface area contributed by atoms with E-state index in [2.05, 4.69) is 35.0 Å². The molecule has 1 unspecified atom stereocenters. The lowest BCUT2D eigenvalue weighted by Gasteiger charge is -2.40. The van der Waals surface area contributed by atoms with Crippen molar-refractivity contribution < 1.29 is 0 Å². The fraction of sp³-hybridized carbons (Fsp3) is 0.562. The van der Waals surface area contributed by atoms with Crippen LogP contribution in [-0.2, 0) is 6.42 Å². The van der Waals surface area contributed by atoms with Crippen molar-refractivity contribution in [3.63, 3.8) is 0 Å². The molecule has 1 saturated heterocycles. The highest BCUT2D eigenvalue weighted by Gasteiger charge is 2.28. The molecule has 1 aliphatic heterocycles. The lowest BCUT2D eigenvalue weighted by molar-refractivity contribution is 0.102. The summed E-state index contributed by atoms with van der Waals surface area (Å²) in [5.74, 6) is 0. The Morgan fingerprint density at radius 2 is 2.00 bits per heavy atom. The third kappa shape index (κ3) is 2.51. The Hall–Kier alpha value is -1.37. The van der Waals surface area contributed by atoms with E-state index in [1.807, 2.05) is 6.07 Å². The predicted octanol–water partition coefficient (Wildman–Crippen LogP) is 2.18. The number of piperazine rings is 1. The van der Waals surface area contributed by atoms with Gasteiger partial charge in [-0.1, -0.05) is 6.07 Å². The highest BCUT2D eigenvalue weighted by atomic mass is 15.3. The maximum absolute atomic E-state index is 9.10. The van der Waals surface area contributed by atoms with E-state index in [0.717, 1.165) is 31.7 Å². The highest BCUT2D eigenvalue weighted by molar-refractivity contribution is 5.41. The number of fused-ring (bicyclic) bond motifs is 1. The van der Waals surface area contributed by atoms with Crippen molar-refractivity contribution in [2.45, 2.75) is 25.3 Å². The zero-order valence-electron chi connectivity index (χ0n) is 11.6. The number of nitriles is 1. The molecule has 0 radical (unpaired) electrons. The molecular weight excluding hydrogens is 234 g/mol. The number of aryl methyl sites for hydroxylation is 1. The Bertz CT molecular complexity index is 495. The molecule has 0 amide bonds. The second-order valence-electron chi connectivity index (χ2n) is 5.77. The quantitative estimate of drug-likeness (QED) is 0.770. The van der Waals surface area contributed by atoms with Crippen LogP contribution in [0.2, 0.25) is 0 Å². The third-order valence-corrected chi connectivity index (χ3v) is 4.54. The van der Waals surface area contributed by atoms with Gasteiger partial charge in [-0.05, 0) is 49.6 Å². The zero-order chi connectivity index (χ0) is 13.2. The minimum absolute atomic E-state index is 0.533. The van der Waals surface area contributed by atoms with E-state index in [-0.39, 0.29) is 0 Å². The first-order chi connectivity index (χ1) is 9.28. The van der Waals surface area contributed by atoms with E-state index in [4.69, 9.17) is 5.26 Å². The van der Waals surface area contributed by atoms with Crippen LogP contribution in [-0.4, -0.2) is 43.0 Å². The van der Waals surface area contributed by atoms with Gasteiger partial charge >= 0.3 is 0 Å². The summed E-state index contributed by atoms with van der Waals surface area (Å²) in [7, 11) is 2.19. The molecule has 0 bridgehead atoms. The van der Waals surface area contributed by atoms with Crippen LogP contribution in [0, 0.1) is 11.3 Å². The minimum Gasteiger partial charge on any atom is -0.304 e. The van der Waals surface area contributed by atoms with Gasteiger partial charge in [-0.25, -0.2) is 0 Å². The normalized spacial score (nSPS) is 24.7. The van der Waals surface area contributed by atoms with Crippen LogP contribution in [0.3, 0.4) is 0 Å². The number of hydrogen-bond donors (Lipinski definition) is 0. The molecule has 100 valence electrons. The molecule has 1 atom stereocenters. The monoisotopic (exact) mass is 255 g/mol. The van der Waals surface area contributed by atoms with Gasteiger partial charge in [0, 0.05) is 32.2 Å². The smallest absolute Gasteiger partial charge is 0.0991 e. The summed E-state index contributed by atoms with van der Waals surface area (Å²) in [6.45, 7) is 4.61. The molecule has 0 saturated carbocycles. The van der Waals surface area contributed by atoms with Crippen molar-refractivity contribution in [2.75, 3.05) is 33.2 Å². The fourth-order valence-electron chi connectivity index (χ4n) is 3.36.